The molecule has 0 saturated carbocycles. The van der Waals surface area contributed by atoms with E-state index < -0.39 is 0 Å². The molecule has 1 saturated heterocycles. The fraction of sp³-hybridized carbons (Fsp3) is 0.320. The number of ether oxygens (including phenoxy) is 1. The second kappa shape index (κ2) is 10.6. The minimum atomic E-state index is -0.265. The molecular formula is C25H27N3O4S. The first-order valence-corrected chi connectivity index (χ1v) is 12.1. The number of thioether (sulfide) groups is 1. The summed E-state index contributed by atoms with van der Waals surface area (Å²) < 4.78 is 11.1. The number of carbonyl (C=O) groups is 2. The van der Waals surface area contributed by atoms with Crippen LogP contribution in [0.15, 0.2) is 53.1 Å². The second-order valence-corrected chi connectivity index (χ2v) is 9.13. The van der Waals surface area contributed by atoms with Gasteiger partial charge in [-0.3, -0.25) is 9.59 Å². The molecular weight excluding hydrogens is 438 g/mol. The van der Waals surface area contributed by atoms with Crippen LogP contribution in [0, 0.1) is 13.8 Å². The Bertz CT molecular complexity index is 1100. The van der Waals surface area contributed by atoms with Crippen molar-refractivity contribution in [2.75, 3.05) is 29.9 Å². The summed E-state index contributed by atoms with van der Waals surface area (Å²) in [6.45, 7) is 5.59. The van der Waals surface area contributed by atoms with Gasteiger partial charge in [-0.25, -0.2) is 0 Å². The molecule has 0 aliphatic carbocycles. The van der Waals surface area contributed by atoms with Gasteiger partial charge < -0.3 is 19.5 Å². The van der Waals surface area contributed by atoms with Crippen LogP contribution in [0.2, 0.25) is 0 Å². The monoisotopic (exact) mass is 465 g/mol. The zero-order chi connectivity index (χ0) is 23.2. The highest BCUT2D eigenvalue weighted by Crippen LogP contribution is 2.23. The molecule has 3 aromatic rings. The molecule has 0 bridgehead atoms. The zero-order valence-electron chi connectivity index (χ0n) is 18.8. The standard InChI is InChI=1S/C25H27N3O4S/c1-17-22(18(2)32-27-17)16-31-23-6-4-3-5-21(23)25(30)26-20-9-7-19(8-10-20)15-24(29)28-11-13-33-14-12-28/h3-10H,11-16H2,1-2H3,(H,26,30). The Morgan fingerprint density at radius 3 is 2.52 bits per heavy atom. The maximum atomic E-state index is 12.9. The van der Waals surface area contributed by atoms with E-state index in [2.05, 4.69) is 10.5 Å². The van der Waals surface area contributed by atoms with Crippen LogP contribution in [0.5, 0.6) is 5.75 Å². The van der Waals surface area contributed by atoms with Gasteiger partial charge in [-0.05, 0) is 43.7 Å². The molecule has 4 rings (SSSR count). The van der Waals surface area contributed by atoms with Gasteiger partial charge in [0.05, 0.1) is 23.2 Å². The van der Waals surface area contributed by atoms with E-state index in [-0.39, 0.29) is 18.4 Å². The van der Waals surface area contributed by atoms with E-state index in [9.17, 15) is 9.59 Å². The van der Waals surface area contributed by atoms with Crippen molar-refractivity contribution in [2.24, 2.45) is 0 Å². The molecule has 1 aliphatic rings. The van der Waals surface area contributed by atoms with Crippen molar-refractivity contribution in [3.63, 3.8) is 0 Å². The third-order valence-electron chi connectivity index (χ3n) is 5.62. The number of anilines is 1. The number of nitrogens with one attached hydrogen (secondary N) is 1. The number of aromatic nitrogens is 1. The summed E-state index contributed by atoms with van der Waals surface area (Å²) in [5, 5.41) is 6.84. The minimum absolute atomic E-state index is 0.149. The van der Waals surface area contributed by atoms with Crippen LogP contribution in [-0.4, -0.2) is 46.5 Å². The molecule has 172 valence electrons. The highest BCUT2D eigenvalue weighted by Gasteiger charge is 2.18. The average molecular weight is 466 g/mol. The lowest BCUT2D eigenvalue weighted by atomic mass is 10.1. The number of aryl methyl sites for hydroxylation is 2. The summed E-state index contributed by atoms with van der Waals surface area (Å²) >= 11 is 1.88. The number of hydrogen-bond acceptors (Lipinski definition) is 6. The number of benzene rings is 2. The van der Waals surface area contributed by atoms with E-state index in [1.165, 1.54) is 0 Å². The molecule has 2 heterocycles. The van der Waals surface area contributed by atoms with Crippen molar-refractivity contribution in [3.05, 3.63) is 76.7 Å². The van der Waals surface area contributed by atoms with Gasteiger partial charge in [0.25, 0.3) is 5.91 Å². The maximum absolute atomic E-state index is 12.9. The van der Waals surface area contributed by atoms with Gasteiger partial charge in [0.1, 0.15) is 18.1 Å². The van der Waals surface area contributed by atoms with Gasteiger partial charge in [-0.15, -0.1) is 0 Å². The third kappa shape index (κ3) is 5.76. The van der Waals surface area contributed by atoms with E-state index in [4.69, 9.17) is 9.26 Å². The summed E-state index contributed by atoms with van der Waals surface area (Å²) in [6, 6.07) is 14.5. The SMILES string of the molecule is Cc1noc(C)c1COc1ccccc1C(=O)Nc1ccc(CC(=O)N2CCSCC2)cc1. The Morgan fingerprint density at radius 1 is 1.09 bits per heavy atom. The fourth-order valence-corrected chi connectivity index (χ4v) is 4.54. The van der Waals surface area contributed by atoms with Gasteiger partial charge in [0.2, 0.25) is 5.91 Å². The summed E-state index contributed by atoms with van der Waals surface area (Å²) in [5.41, 5.74) is 3.67. The molecule has 8 heteroatoms. The van der Waals surface area contributed by atoms with Gasteiger partial charge in [0, 0.05) is 30.3 Å². The molecule has 1 N–H and O–H groups in total. The summed E-state index contributed by atoms with van der Waals surface area (Å²) in [6.07, 6.45) is 0.372. The van der Waals surface area contributed by atoms with Gasteiger partial charge in [-0.2, -0.15) is 11.8 Å². The first kappa shape index (κ1) is 22.9. The Labute approximate surface area is 197 Å². The Kier molecular flexibility index (Phi) is 7.34. The number of nitrogens with zero attached hydrogens (tertiary/aromatic N) is 2. The van der Waals surface area contributed by atoms with Crippen molar-refractivity contribution in [2.45, 2.75) is 26.9 Å². The number of carbonyl (C=O) groups excluding carboxylic acids is 2. The van der Waals surface area contributed by atoms with Gasteiger partial charge in [-0.1, -0.05) is 29.4 Å². The van der Waals surface area contributed by atoms with Gasteiger partial charge >= 0.3 is 0 Å². The minimum Gasteiger partial charge on any atom is -0.488 e. The van der Waals surface area contributed by atoms with E-state index >= 15 is 0 Å². The van der Waals surface area contributed by atoms with E-state index in [1.807, 2.05) is 60.8 Å². The third-order valence-corrected chi connectivity index (χ3v) is 6.56. The number of para-hydroxylation sites is 1. The molecule has 1 aliphatic heterocycles. The van der Waals surface area contributed by atoms with Crippen LogP contribution >= 0.6 is 11.8 Å². The topological polar surface area (TPSA) is 84.7 Å². The summed E-state index contributed by atoms with van der Waals surface area (Å²) in [7, 11) is 0. The highest BCUT2D eigenvalue weighted by molar-refractivity contribution is 7.99. The number of rotatable bonds is 7. The first-order chi connectivity index (χ1) is 16.0. The molecule has 2 amide bonds. The molecule has 0 unspecified atom stereocenters. The normalized spacial score (nSPS) is 13.6. The summed E-state index contributed by atoms with van der Waals surface area (Å²) in [4.78, 5) is 27.3. The largest absolute Gasteiger partial charge is 0.488 e. The van der Waals surface area contributed by atoms with Crippen LogP contribution in [0.25, 0.3) is 0 Å². The van der Waals surface area contributed by atoms with Gasteiger partial charge in [0.15, 0.2) is 0 Å². The maximum Gasteiger partial charge on any atom is 0.259 e. The molecule has 7 nitrogen and oxygen atoms in total. The van der Waals surface area contributed by atoms with E-state index in [1.54, 1.807) is 18.2 Å². The van der Waals surface area contributed by atoms with E-state index in [0.29, 0.717) is 29.2 Å². The molecule has 1 aromatic heterocycles. The van der Waals surface area contributed by atoms with Crippen LogP contribution < -0.4 is 10.1 Å². The molecule has 33 heavy (non-hydrogen) atoms. The molecule has 0 spiro atoms. The molecule has 2 aromatic carbocycles. The smallest absolute Gasteiger partial charge is 0.259 e. The first-order valence-electron chi connectivity index (χ1n) is 10.9. The highest BCUT2D eigenvalue weighted by atomic mass is 32.2. The molecule has 0 radical (unpaired) electrons. The van der Waals surface area contributed by atoms with Crippen LogP contribution in [0.4, 0.5) is 5.69 Å². The second-order valence-electron chi connectivity index (χ2n) is 7.91. The fourth-order valence-electron chi connectivity index (χ4n) is 3.64. The Hall–Kier alpha value is -3.26. The predicted molar refractivity (Wildman–Crippen MR) is 129 cm³/mol. The Morgan fingerprint density at radius 2 is 1.82 bits per heavy atom. The molecule has 0 atom stereocenters. The van der Waals surface area contributed by atoms with Crippen molar-refractivity contribution < 1.29 is 18.8 Å². The number of hydrogen-bond donors (Lipinski definition) is 1. The van der Waals surface area contributed by atoms with Crippen LogP contribution in [-0.2, 0) is 17.8 Å². The molecule has 1 fully saturated rings. The van der Waals surface area contributed by atoms with Crippen LogP contribution in [0.1, 0.15) is 32.9 Å². The lowest BCUT2D eigenvalue weighted by Gasteiger charge is -2.26. The predicted octanol–water partition coefficient (Wildman–Crippen LogP) is 4.24. The number of amides is 2. The van der Waals surface area contributed by atoms with E-state index in [0.717, 1.165) is 41.4 Å². The lowest BCUT2D eigenvalue weighted by Crippen LogP contribution is -2.38. The quantitative estimate of drug-likeness (QED) is 0.562. The zero-order valence-corrected chi connectivity index (χ0v) is 19.6. The summed E-state index contributed by atoms with van der Waals surface area (Å²) in [5.74, 6) is 3.07. The van der Waals surface area contributed by atoms with Crippen LogP contribution in [0.3, 0.4) is 0 Å². The Balaban J connectivity index is 1.37. The lowest BCUT2D eigenvalue weighted by molar-refractivity contribution is -0.130. The van der Waals surface area contributed by atoms with Crippen molar-refractivity contribution >= 4 is 29.3 Å². The van der Waals surface area contributed by atoms with Crippen molar-refractivity contribution in [1.82, 2.24) is 10.1 Å². The average Bonchev–Trinajstić information content (AvgIpc) is 3.16. The van der Waals surface area contributed by atoms with Crippen molar-refractivity contribution in [3.8, 4) is 5.75 Å². The van der Waals surface area contributed by atoms with Crippen molar-refractivity contribution in [1.29, 1.82) is 0 Å².